The highest BCUT2D eigenvalue weighted by Gasteiger charge is 2.61. The topological polar surface area (TPSA) is 125 Å². The van der Waals surface area contributed by atoms with Gasteiger partial charge >= 0.3 is 18.4 Å². The standard InChI is InChI=1S/C31H36F6N4O4.C2H6.CH5N/c1-27(2,3)45-26(42)39-21-16-20(30(32,33)34)22-17-28(4,5)14-10-7-11-15-29(31(35,36)37,43-18-19-12-8-6-9-13-19)25-41-40-24(44-25)23(21)38-22;2*1-2/h7-8,10,12-13,16H,6,9,11,14-15,17-18H2,1-5H3,(H,39,42);1-2H3;2H2,1H3/b10-7-;;. The molecule has 1 aliphatic carbocycles. The Morgan fingerprint density at radius 1 is 1.00 bits per heavy atom. The Morgan fingerprint density at radius 3 is 2.24 bits per heavy atom. The maximum atomic E-state index is 15.0. The van der Waals surface area contributed by atoms with Crippen molar-refractivity contribution in [3.8, 4) is 11.6 Å². The first-order chi connectivity index (χ1) is 22.8. The van der Waals surface area contributed by atoms with Gasteiger partial charge < -0.3 is 19.6 Å². The van der Waals surface area contributed by atoms with E-state index in [2.05, 4.69) is 26.2 Å². The number of nitrogens with one attached hydrogen (secondary N) is 1. The second kappa shape index (κ2) is 16.8. The predicted octanol–water partition coefficient (Wildman–Crippen LogP) is 9.46. The molecule has 49 heavy (non-hydrogen) atoms. The molecule has 2 aromatic rings. The van der Waals surface area contributed by atoms with Gasteiger partial charge in [0.25, 0.3) is 11.8 Å². The number of nitrogens with two attached hydrogens (primary N) is 1. The smallest absolute Gasteiger partial charge is 0.426 e. The van der Waals surface area contributed by atoms with Gasteiger partial charge in [-0.1, -0.05) is 58.1 Å². The number of fused-ring (bicyclic) bond motifs is 5. The molecule has 1 unspecified atom stereocenters. The summed E-state index contributed by atoms with van der Waals surface area (Å²) in [6.07, 6.45) is -1.82. The maximum Gasteiger partial charge on any atom is 0.426 e. The van der Waals surface area contributed by atoms with Crippen LogP contribution in [0.5, 0.6) is 0 Å². The molecule has 2 aromatic heterocycles. The second-order valence-electron chi connectivity index (χ2n) is 12.8. The van der Waals surface area contributed by atoms with Crippen LogP contribution < -0.4 is 11.1 Å². The zero-order chi connectivity index (χ0) is 37.3. The lowest BCUT2D eigenvalue weighted by molar-refractivity contribution is -0.292. The minimum Gasteiger partial charge on any atom is -0.444 e. The molecule has 4 rings (SSSR count). The number of anilines is 1. The van der Waals surface area contributed by atoms with Crippen molar-refractivity contribution in [3.05, 3.63) is 59.2 Å². The lowest BCUT2D eigenvalue weighted by atomic mass is 9.82. The Morgan fingerprint density at radius 2 is 1.67 bits per heavy atom. The second-order valence-corrected chi connectivity index (χ2v) is 12.8. The van der Waals surface area contributed by atoms with Gasteiger partial charge in [-0.15, -0.1) is 10.2 Å². The van der Waals surface area contributed by atoms with Gasteiger partial charge in [-0.25, -0.2) is 9.78 Å². The average molecular weight is 704 g/mol. The van der Waals surface area contributed by atoms with Crippen LogP contribution >= 0.6 is 0 Å². The van der Waals surface area contributed by atoms with Crippen LogP contribution in [0.15, 0.2) is 46.4 Å². The molecule has 15 heteroatoms. The maximum absolute atomic E-state index is 15.0. The fraction of sp³-hybridized carbons (Fsp3) is 0.588. The summed E-state index contributed by atoms with van der Waals surface area (Å²) < 4.78 is 104. The molecule has 0 radical (unpaired) electrons. The van der Waals surface area contributed by atoms with E-state index < -0.39 is 82.5 Å². The minimum atomic E-state index is -5.03. The highest BCUT2D eigenvalue weighted by molar-refractivity contribution is 5.89. The molecule has 1 atom stereocenters. The minimum absolute atomic E-state index is 0.106. The monoisotopic (exact) mass is 703 g/mol. The molecular formula is C34H47F6N5O4. The highest BCUT2D eigenvalue weighted by atomic mass is 19.4. The van der Waals surface area contributed by atoms with E-state index in [1.165, 1.54) is 13.1 Å². The van der Waals surface area contributed by atoms with Crippen molar-refractivity contribution in [2.75, 3.05) is 19.0 Å². The van der Waals surface area contributed by atoms with Crippen molar-refractivity contribution >= 4 is 11.8 Å². The van der Waals surface area contributed by atoms with Gasteiger partial charge in [0.1, 0.15) is 5.60 Å². The average Bonchev–Trinajstić information content (AvgIpc) is 3.49. The number of hydrogen-bond acceptors (Lipinski definition) is 8. The van der Waals surface area contributed by atoms with Crippen LogP contribution in [0.4, 0.5) is 36.8 Å². The molecule has 3 heterocycles. The van der Waals surface area contributed by atoms with Crippen molar-refractivity contribution in [1.82, 2.24) is 15.2 Å². The molecule has 1 aliphatic heterocycles. The van der Waals surface area contributed by atoms with Crippen LogP contribution in [0, 0.1) is 5.41 Å². The lowest BCUT2D eigenvalue weighted by Crippen LogP contribution is -2.45. The molecule has 0 saturated carbocycles. The number of rotatable bonds is 4. The van der Waals surface area contributed by atoms with Crippen molar-refractivity contribution in [3.63, 3.8) is 0 Å². The van der Waals surface area contributed by atoms with Gasteiger partial charge in [0.2, 0.25) is 5.60 Å². The Hall–Kier alpha value is -3.72. The summed E-state index contributed by atoms with van der Waals surface area (Å²) in [5.74, 6) is -1.58. The Balaban J connectivity index is 0.00000201. The first-order valence-corrected chi connectivity index (χ1v) is 16.0. The van der Waals surface area contributed by atoms with Crippen molar-refractivity contribution in [1.29, 1.82) is 0 Å². The first kappa shape index (κ1) is 41.5. The van der Waals surface area contributed by atoms with E-state index in [4.69, 9.17) is 13.9 Å². The molecule has 0 saturated heterocycles. The normalized spacial score (nSPS) is 19.9. The molecule has 4 bridgehead atoms. The molecule has 0 spiro atoms. The zero-order valence-corrected chi connectivity index (χ0v) is 29.2. The van der Waals surface area contributed by atoms with Gasteiger partial charge in [0.15, 0.2) is 5.69 Å². The summed E-state index contributed by atoms with van der Waals surface area (Å²) in [6.45, 7) is 11.7. The van der Waals surface area contributed by atoms with E-state index in [1.54, 1.807) is 52.8 Å². The Kier molecular flexibility index (Phi) is 14.2. The van der Waals surface area contributed by atoms with E-state index in [0.29, 0.717) is 18.1 Å². The van der Waals surface area contributed by atoms with E-state index in [-0.39, 0.29) is 19.3 Å². The fourth-order valence-corrected chi connectivity index (χ4v) is 4.98. The number of carbonyl (C=O) groups excluding carboxylic acids is 1. The number of allylic oxidation sites excluding steroid dienone is 4. The number of halogens is 6. The molecule has 0 fully saturated rings. The summed E-state index contributed by atoms with van der Waals surface area (Å²) >= 11 is 0. The number of amides is 1. The molecule has 0 aromatic carbocycles. The van der Waals surface area contributed by atoms with Crippen LogP contribution in [-0.4, -0.2) is 46.7 Å². The van der Waals surface area contributed by atoms with Crippen LogP contribution in [-0.2, 0) is 27.7 Å². The number of alkyl halides is 6. The number of aromatic nitrogens is 3. The third kappa shape index (κ3) is 11.1. The van der Waals surface area contributed by atoms with E-state index in [0.717, 1.165) is 6.42 Å². The summed E-state index contributed by atoms with van der Waals surface area (Å²) in [4.78, 5) is 16.9. The first-order valence-electron chi connectivity index (χ1n) is 16.0. The molecule has 1 amide bonds. The van der Waals surface area contributed by atoms with Crippen LogP contribution in [0.3, 0.4) is 0 Å². The van der Waals surface area contributed by atoms with Gasteiger partial charge in [0.05, 0.1) is 23.6 Å². The van der Waals surface area contributed by atoms with Gasteiger partial charge in [-0.2, -0.15) is 26.3 Å². The molecule has 274 valence electrons. The Bertz CT molecular complexity index is 1490. The van der Waals surface area contributed by atoms with Crippen molar-refractivity contribution in [2.24, 2.45) is 11.1 Å². The van der Waals surface area contributed by atoms with E-state index in [1.807, 2.05) is 19.9 Å². The van der Waals surface area contributed by atoms with E-state index in [9.17, 15) is 31.1 Å². The number of hydrogen-bond donors (Lipinski definition) is 2. The van der Waals surface area contributed by atoms with Gasteiger partial charge in [-0.3, -0.25) is 5.32 Å². The largest absolute Gasteiger partial charge is 0.444 e. The summed E-state index contributed by atoms with van der Waals surface area (Å²) in [5.41, 5.74) is -2.33. The van der Waals surface area contributed by atoms with Gasteiger partial charge in [-0.05, 0) is 83.4 Å². The summed E-state index contributed by atoms with van der Waals surface area (Å²) in [5, 5.41) is 9.71. The van der Waals surface area contributed by atoms with E-state index >= 15 is 0 Å². The summed E-state index contributed by atoms with van der Waals surface area (Å²) in [6, 6.07) is 0.651. The van der Waals surface area contributed by atoms with Crippen LogP contribution in [0.25, 0.3) is 11.6 Å². The molecule has 9 nitrogen and oxygen atoms in total. The fourth-order valence-electron chi connectivity index (χ4n) is 4.98. The number of nitrogens with zero attached hydrogens (tertiary/aromatic N) is 3. The SMILES string of the molecule is CC.CC1(C)C/C=C\CCC(OCC2=CCCC=C2)(C(F)(F)F)c2nnc(o2)-c2nc(c(C(F)(F)F)cc2NC(=O)OC(C)(C)C)C1.CN. The zero-order valence-electron chi connectivity index (χ0n) is 29.2. The van der Waals surface area contributed by atoms with Crippen LogP contribution in [0.2, 0.25) is 0 Å². The quantitative estimate of drug-likeness (QED) is 0.238. The number of ether oxygens (including phenoxy) is 2. The highest BCUT2D eigenvalue weighted by Crippen LogP contribution is 2.47. The third-order valence-electron chi connectivity index (χ3n) is 7.18. The number of carbonyl (C=O) groups is 1. The lowest BCUT2D eigenvalue weighted by Gasteiger charge is -2.32. The van der Waals surface area contributed by atoms with Crippen LogP contribution in [0.1, 0.15) is 97.7 Å². The molecule has 2 aliphatic rings. The number of pyridine rings is 1. The third-order valence-corrected chi connectivity index (χ3v) is 7.18. The predicted molar refractivity (Wildman–Crippen MR) is 174 cm³/mol. The van der Waals surface area contributed by atoms with Gasteiger partial charge in [0, 0.05) is 0 Å². The van der Waals surface area contributed by atoms with Crippen molar-refractivity contribution in [2.45, 2.75) is 111 Å². The summed E-state index contributed by atoms with van der Waals surface area (Å²) in [7, 11) is 1.50. The molecule has 3 N–H and O–H groups in total. The molecular weight excluding hydrogens is 656 g/mol. The Labute approximate surface area is 283 Å². The van der Waals surface area contributed by atoms with Crippen molar-refractivity contribution < 1.29 is 45.0 Å².